The van der Waals surface area contributed by atoms with Gasteiger partial charge in [-0.3, -0.25) is 0 Å². The number of hydrogen-bond acceptors (Lipinski definition) is 1. The van der Waals surface area contributed by atoms with Crippen molar-refractivity contribution in [2.75, 3.05) is 0 Å². The molecule has 4 aromatic carbocycles. The first-order valence-electron chi connectivity index (χ1n) is 12.8. The maximum Gasteiger partial charge on any atom is 0.137 e. The molecular weight excluding hydrogens is 466 g/mol. The molecule has 8 rings (SSSR count). The number of rotatable bonds is 2. The van der Waals surface area contributed by atoms with Crippen molar-refractivity contribution in [3.8, 4) is 28.1 Å². The summed E-state index contributed by atoms with van der Waals surface area (Å²) in [6.45, 7) is 4.97. The van der Waals surface area contributed by atoms with Gasteiger partial charge in [0.25, 0.3) is 0 Å². The summed E-state index contributed by atoms with van der Waals surface area (Å²) in [7, 11) is -1.73. The monoisotopic (exact) mass is 491 g/mol. The lowest BCUT2D eigenvalue weighted by atomic mass is 10.0. The van der Waals surface area contributed by atoms with Crippen LogP contribution in [0.15, 0.2) is 116 Å². The van der Waals surface area contributed by atoms with Crippen molar-refractivity contribution in [3.63, 3.8) is 0 Å². The van der Waals surface area contributed by atoms with E-state index in [2.05, 4.69) is 113 Å². The van der Waals surface area contributed by atoms with Crippen molar-refractivity contribution < 1.29 is 0 Å². The van der Waals surface area contributed by atoms with Crippen molar-refractivity contribution in [2.45, 2.75) is 13.1 Å². The number of pyridine rings is 1. The van der Waals surface area contributed by atoms with Gasteiger partial charge in [-0.1, -0.05) is 79.8 Å². The molecule has 4 heteroatoms. The van der Waals surface area contributed by atoms with E-state index in [1.54, 1.807) is 10.4 Å². The van der Waals surface area contributed by atoms with E-state index >= 15 is 0 Å². The van der Waals surface area contributed by atoms with Crippen LogP contribution in [0.2, 0.25) is 13.1 Å². The lowest BCUT2D eigenvalue weighted by molar-refractivity contribution is 1.18. The predicted octanol–water partition coefficient (Wildman–Crippen LogP) is 6.90. The number of benzene rings is 4. The molecule has 1 aliphatic rings. The lowest BCUT2D eigenvalue weighted by Crippen LogP contribution is -2.49. The molecule has 0 unspecified atom stereocenters. The Labute approximate surface area is 216 Å². The van der Waals surface area contributed by atoms with Crippen LogP contribution in [0.4, 0.5) is 0 Å². The summed E-state index contributed by atoms with van der Waals surface area (Å²) < 4.78 is 4.49. The third-order valence-corrected chi connectivity index (χ3v) is 11.7. The molecule has 37 heavy (non-hydrogen) atoms. The van der Waals surface area contributed by atoms with Gasteiger partial charge in [0.05, 0.1) is 16.7 Å². The van der Waals surface area contributed by atoms with Gasteiger partial charge in [-0.2, -0.15) is 0 Å². The van der Waals surface area contributed by atoms with Crippen LogP contribution in [0.3, 0.4) is 0 Å². The van der Waals surface area contributed by atoms with E-state index in [0.29, 0.717) is 0 Å². The Morgan fingerprint density at radius 1 is 0.649 bits per heavy atom. The molecule has 4 heterocycles. The predicted molar refractivity (Wildman–Crippen MR) is 157 cm³/mol. The molecule has 7 aromatic rings. The lowest BCUT2D eigenvalue weighted by Gasteiger charge is -2.18. The Morgan fingerprint density at radius 2 is 1.43 bits per heavy atom. The van der Waals surface area contributed by atoms with E-state index in [1.807, 2.05) is 24.4 Å². The van der Waals surface area contributed by atoms with Gasteiger partial charge < -0.3 is 8.97 Å². The molecule has 3 aromatic heterocycles. The van der Waals surface area contributed by atoms with Gasteiger partial charge in [0.2, 0.25) is 0 Å². The van der Waals surface area contributed by atoms with Gasteiger partial charge >= 0.3 is 0 Å². The number of aromatic nitrogens is 3. The Morgan fingerprint density at radius 3 is 2.30 bits per heavy atom. The number of fused-ring (bicyclic) bond motifs is 7. The molecule has 0 saturated carbocycles. The second kappa shape index (κ2) is 7.31. The standard InChI is InChI=1S/C33H25N3Si/c1-37(2)31-12-6-4-10-25(31)27-19-30-26(20-32(27)37)24-9-3-5-11-29(24)36(30)23-16-14-22(15-17-23)28-21-35-18-8-7-13-33(35)34-28/h3-21H,1-2H3. The zero-order valence-electron chi connectivity index (χ0n) is 20.8. The quantitative estimate of drug-likeness (QED) is 0.241. The van der Waals surface area contributed by atoms with Crippen molar-refractivity contribution in [1.29, 1.82) is 0 Å². The third-order valence-electron chi connectivity index (χ3n) is 8.16. The largest absolute Gasteiger partial charge is 0.309 e. The molecule has 0 bridgehead atoms. The number of hydrogen-bond donors (Lipinski definition) is 0. The van der Waals surface area contributed by atoms with E-state index < -0.39 is 8.07 Å². The zero-order valence-corrected chi connectivity index (χ0v) is 21.8. The summed E-state index contributed by atoms with van der Waals surface area (Å²) in [6, 6.07) is 37.7. The third kappa shape index (κ3) is 2.84. The molecular formula is C33H25N3Si. The maximum absolute atomic E-state index is 4.81. The minimum absolute atomic E-state index is 0.963. The van der Waals surface area contributed by atoms with Crippen molar-refractivity contribution in [1.82, 2.24) is 14.0 Å². The van der Waals surface area contributed by atoms with Crippen LogP contribution < -0.4 is 10.4 Å². The van der Waals surface area contributed by atoms with E-state index in [-0.39, 0.29) is 0 Å². The summed E-state index contributed by atoms with van der Waals surface area (Å²) in [6.07, 6.45) is 4.14. The van der Waals surface area contributed by atoms with Crippen LogP contribution >= 0.6 is 0 Å². The van der Waals surface area contributed by atoms with Gasteiger partial charge in [0.1, 0.15) is 13.7 Å². The Hall–Kier alpha value is -4.41. The van der Waals surface area contributed by atoms with Crippen molar-refractivity contribution in [3.05, 3.63) is 116 Å². The molecule has 3 nitrogen and oxygen atoms in total. The maximum atomic E-state index is 4.81. The van der Waals surface area contributed by atoms with Crippen LogP contribution in [0, 0.1) is 0 Å². The molecule has 176 valence electrons. The average molecular weight is 492 g/mol. The van der Waals surface area contributed by atoms with Gasteiger partial charge in [0.15, 0.2) is 0 Å². The zero-order chi connectivity index (χ0) is 24.7. The summed E-state index contributed by atoms with van der Waals surface area (Å²) in [5, 5.41) is 5.74. The fourth-order valence-corrected chi connectivity index (χ4v) is 9.38. The highest BCUT2D eigenvalue weighted by atomic mass is 28.3. The summed E-state index contributed by atoms with van der Waals surface area (Å²) >= 11 is 0. The Balaban J connectivity index is 1.35. The highest BCUT2D eigenvalue weighted by molar-refractivity contribution is 7.04. The fourth-order valence-electron chi connectivity index (χ4n) is 6.30. The molecule has 0 fully saturated rings. The molecule has 0 spiro atoms. The average Bonchev–Trinajstić information content (AvgIpc) is 3.57. The number of imidazole rings is 1. The Kier molecular flexibility index (Phi) is 4.10. The van der Waals surface area contributed by atoms with Crippen molar-refractivity contribution in [2.24, 2.45) is 0 Å². The molecule has 1 aliphatic heterocycles. The minimum Gasteiger partial charge on any atom is -0.309 e. The van der Waals surface area contributed by atoms with E-state index in [9.17, 15) is 0 Å². The second-order valence-corrected chi connectivity index (χ2v) is 14.9. The van der Waals surface area contributed by atoms with Crippen LogP contribution in [0.5, 0.6) is 0 Å². The molecule has 0 radical (unpaired) electrons. The first-order chi connectivity index (χ1) is 18.1. The number of nitrogens with zero attached hydrogens (tertiary/aromatic N) is 3. The molecule has 0 aliphatic carbocycles. The van der Waals surface area contributed by atoms with Crippen molar-refractivity contribution >= 4 is 45.9 Å². The van der Waals surface area contributed by atoms with Crippen LogP contribution in [-0.4, -0.2) is 22.0 Å². The summed E-state index contributed by atoms with van der Waals surface area (Å²) in [5.41, 5.74) is 9.57. The van der Waals surface area contributed by atoms with E-state index in [4.69, 9.17) is 4.98 Å². The molecule has 0 atom stereocenters. The van der Waals surface area contributed by atoms with Gasteiger partial charge in [-0.05, 0) is 57.9 Å². The van der Waals surface area contributed by atoms with E-state index in [0.717, 1.165) is 16.9 Å². The SMILES string of the molecule is C[Si]1(C)c2ccccc2-c2cc3c(cc21)c1ccccc1n3-c1ccc(-c2cn3ccccc3n2)cc1. The Bertz CT molecular complexity index is 1970. The molecule has 0 amide bonds. The topological polar surface area (TPSA) is 22.2 Å². The summed E-state index contributed by atoms with van der Waals surface area (Å²) in [4.78, 5) is 4.81. The first-order valence-corrected chi connectivity index (χ1v) is 15.8. The first kappa shape index (κ1) is 20.7. The number of para-hydroxylation sites is 1. The van der Waals surface area contributed by atoms with Gasteiger partial charge in [-0.15, -0.1) is 0 Å². The smallest absolute Gasteiger partial charge is 0.137 e. The van der Waals surface area contributed by atoms with Gasteiger partial charge in [-0.25, -0.2) is 4.98 Å². The highest BCUT2D eigenvalue weighted by Gasteiger charge is 2.37. The van der Waals surface area contributed by atoms with Crippen LogP contribution in [0.25, 0.3) is 55.5 Å². The summed E-state index contributed by atoms with van der Waals surface area (Å²) in [5.74, 6) is 0. The highest BCUT2D eigenvalue weighted by Crippen LogP contribution is 2.37. The second-order valence-electron chi connectivity index (χ2n) is 10.6. The van der Waals surface area contributed by atoms with E-state index in [1.165, 1.54) is 38.6 Å². The fraction of sp³-hybridized carbons (Fsp3) is 0.0606. The van der Waals surface area contributed by atoms with Gasteiger partial charge in [0, 0.05) is 34.4 Å². The minimum atomic E-state index is -1.73. The van der Waals surface area contributed by atoms with Crippen LogP contribution in [-0.2, 0) is 0 Å². The van der Waals surface area contributed by atoms with Crippen LogP contribution in [0.1, 0.15) is 0 Å². The molecule has 0 N–H and O–H groups in total. The molecule has 0 saturated heterocycles. The normalized spacial score (nSPS) is 13.9.